The molecule has 1 fully saturated rings. The molecule has 1 saturated heterocycles. The number of aryl methyl sites for hydroxylation is 1. The Kier molecular flexibility index (Phi) is 3.41. The highest BCUT2D eigenvalue weighted by atomic mass is 35.5. The molecule has 23 heavy (non-hydrogen) atoms. The maximum Gasteiger partial charge on any atom is 0.129 e. The molecule has 0 amide bonds. The fraction of sp³-hybridized carbons (Fsp3) is 0.278. The highest BCUT2D eigenvalue weighted by Gasteiger charge is 2.36. The van der Waals surface area contributed by atoms with Gasteiger partial charge in [0, 0.05) is 5.02 Å². The average molecular weight is 329 g/mol. The lowest BCUT2D eigenvalue weighted by atomic mass is 10.0. The van der Waals surface area contributed by atoms with E-state index in [0.29, 0.717) is 19.8 Å². The number of fused-ring (bicyclic) bond motifs is 1. The van der Waals surface area contributed by atoms with Crippen LogP contribution in [0, 0.1) is 6.92 Å². The van der Waals surface area contributed by atoms with Crippen molar-refractivity contribution < 1.29 is 9.84 Å². The first-order valence-electron chi connectivity index (χ1n) is 7.55. The average Bonchev–Trinajstić information content (AvgIpc) is 2.87. The maximum absolute atomic E-state index is 10.3. The van der Waals surface area contributed by atoms with Crippen LogP contribution in [0.25, 0.3) is 22.2 Å². The minimum atomic E-state index is -0.781. The Bertz CT molecular complexity index is 864. The van der Waals surface area contributed by atoms with Gasteiger partial charge in [-0.25, -0.2) is 4.98 Å². The molecule has 1 aliphatic heterocycles. The Labute approximate surface area is 139 Å². The predicted octanol–water partition coefficient (Wildman–Crippen LogP) is 3.43. The zero-order valence-corrected chi connectivity index (χ0v) is 13.5. The third-order valence-corrected chi connectivity index (χ3v) is 4.42. The molecule has 0 aliphatic carbocycles. The minimum Gasteiger partial charge on any atom is -0.383 e. The molecule has 0 unspecified atom stereocenters. The van der Waals surface area contributed by atoms with Crippen LogP contribution in [0.1, 0.15) is 5.56 Å². The highest BCUT2D eigenvalue weighted by Crippen LogP contribution is 2.28. The Morgan fingerprint density at radius 2 is 2.04 bits per heavy atom. The fourth-order valence-corrected chi connectivity index (χ4v) is 3.30. The van der Waals surface area contributed by atoms with Crippen LogP contribution in [0.4, 0.5) is 0 Å². The number of hydrogen-bond donors (Lipinski definition) is 1. The topological polar surface area (TPSA) is 47.3 Å². The molecule has 2 aromatic carbocycles. The van der Waals surface area contributed by atoms with Crippen molar-refractivity contribution in [1.82, 2.24) is 9.55 Å². The molecule has 4 nitrogen and oxygen atoms in total. The third kappa shape index (κ3) is 2.74. The minimum absolute atomic E-state index is 0.375. The van der Waals surface area contributed by atoms with Crippen molar-refractivity contribution in [2.45, 2.75) is 19.1 Å². The van der Waals surface area contributed by atoms with Gasteiger partial charge in [0.15, 0.2) is 0 Å². The van der Waals surface area contributed by atoms with Gasteiger partial charge in [0.05, 0.1) is 37.1 Å². The summed E-state index contributed by atoms with van der Waals surface area (Å²) in [5.74, 6) is 0. The summed E-state index contributed by atoms with van der Waals surface area (Å²) in [4.78, 5) is 4.42. The lowest BCUT2D eigenvalue weighted by Gasteiger charge is -2.36. The molecule has 1 N–H and O–H groups in total. The van der Waals surface area contributed by atoms with E-state index in [1.807, 2.05) is 35.8 Å². The monoisotopic (exact) mass is 328 g/mol. The summed E-state index contributed by atoms with van der Waals surface area (Å²) in [7, 11) is 0. The molecule has 0 atom stereocenters. The summed E-state index contributed by atoms with van der Waals surface area (Å²) in [6.45, 7) is 3.27. The smallest absolute Gasteiger partial charge is 0.129 e. The quantitative estimate of drug-likeness (QED) is 0.801. The molecule has 0 bridgehead atoms. The lowest BCUT2D eigenvalue weighted by molar-refractivity contribution is -0.184. The summed E-state index contributed by atoms with van der Waals surface area (Å²) in [5, 5.41) is 11.0. The van der Waals surface area contributed by atoms with Crippen molar-refractivity contribution in [2.24, 2.45) is 0 Å². The summed E-state index contributed by atoms with van der Waals surface area (Å²) in [6, 6.07) is 12.2. The maximum atomic E-state index is 10.3. The van der Waals surface area contributed by atoms with E-state index in [0.717, 1.165) is 32.7 Å². The predicted molar refractivity (Wildman–Crippen MR) is 90.7 cm³/mol. The number of ether oxygens (including phenoxy) is 1. The molecule has 4 rings (SSSR count). The molecule has 5 heteroatoms. The second kappa shape index (κ2) is 5.34. The first-order chi connectivity index (χ1) is 11.0. The van der Waals surface area contributed by atoms with Gasteiger partial charge in [-0.15, -0.1) is 0 Å². The fourth-order valence-electron chi connectivity index (χ4n) is 3.01. The Balaban J connectivity index is 1.77. The van der Waals surface area contributed by atoms with E-state index in [2.05, 4.69) is 17.1 Å². The van der Waals surface area contributed by atoms with Crippen LogP contribution < -0.4 is 0 Å². The second-order valence-electron chi connectivity index (χ2n) is 6.31. The van der Waals surface area contributed by atoms with Crippen molar-refractivity contribution in [3.63, 3.8) is 0 Å². The number of halogens is 1. The highest BCUT2D eigenvalue weighted by molar-refractivity contribution is 6.31. The van der Waals surface area contributed by atoms with Gasteiger partial charge in [-0.05, 0) is 47.9 Å². The van der Waals surface area contributed by atoms with E-state index in [4.69, 9.17) is 16.3 Å². The molecule has 0 saturated carbocycles. The summed E-state index contributed by atoms with van der Waals surface area (Å²) < 4.78 is 7.10. The van der Waals surface area contributed by atoms with Gasteiger partial charge in [0.25, 0.3) is 0 Å². The van der Waals surface area contributed by atoms with E-state index in [1.165, 1.54) is 0 Å². The van der Waals surface area contributed by atoms with Gasteiger partial charge in [0.2, 0.25) is 0 Å². The van der Waals surface area contributed by atoms with Gasteiger partial charge in [-0.1, -0.05) is 23.7 Å². The van der Waals surface area contributed by atoms with Crippen LogP contribution in [0.2, 0.25) is 5.02 Å². The van der Waals surface area contributed by atoms with Crippen molar-refractivity contribution in [3.8, 4) is 11.1 Å². The number of rotatable bonds is 3. The van der Waals surface area contributed by atoms with Crippen LogP contribution in [0.3, 0.4) is 0 Å². The zero-order valence-electron chi connectivity index (χ0n) is 12.8. The van der Waals surface area contributed by atoms with E-state index < -0.39 is 5.60 Å². The number of aromatic nitrogens is 2. The van der Waals surface area contributed by atoms with Gasteiger partial charge in [-0.2, -0.15) is 0 Å². The molecular formula is C18H17ClN2O2. The van der Waals surface area contributed by atoms with Crippen molar-refractivity contribution in [3.05, 3.63) is 53.3 Å². The molecular weight excluding hydrogens is 312 g/mol. The Hall–Kier alpha value is -1.88. The SMILES string of the molecule is Cc1cc(Cl)cc(-c2ccc3ncn(CC4(O)COC4)c3c2)c1. The first-order valence-corrected chi connectivity index (χ1v) is 7.93. The van der Waals surface area contributed by atoms with Gasteiger partial charge < -0.3 is 14.4 Å². The second-order valence-corrected chi connectivity index (χ2v) is 6.75. The number of benzene rings is 2. The number of hydrogen-bond acceptors (Lipinski definition) is 3. The van der Waals surface area contributed by atoms with E-state index in [1.54, 1.807) is 6.33 Å². The lowest BCUT2D eigenvalue weighted by Crippen LogP contribution is -2.52. The molecule has 0 spiro atoms. The standard InChI is InChI=1S/C18H17ClN2O2/c1-12-4-14(6-15(19)5-12)13-2-3-16-17(7-13)21(11-20-16)8-18(22)9-23-10-18/h2-7,11,22H,8-10H2,1H3. The molecule has 3 aromatic rings. The molecule has 1 aliphatic rings. The van der Waals surface area contributed by atoms with Crippen LogP contribution in [-0.4, -0.2) is 33.5 Å². The van der Waals surface area contributed by atoms with E-state index in [9.17, 15) is 5.11 Å². The molecule has 1 aromatic heterocycles. The summed E-state index contributed by atoms with van der Waals surface area (Å²) in [6.07, 6.45) is 1.77. The molecule has 118 valence electrons. The van der Waals surface area contributed by atoms with Gasteiger partial charge in [0.1, 0.15) is 5.60 Å². The normalized spacial score (nSPS) is 16.5. The van der Waals surface area contributed by atoms with Gasteiger partial charge >= 0.3 is 0 Å². The largest absolute Gasteiger partial charge is 0.383 e. The first kappa shape index (κ1) is 14.7. The van der Waals surface area contributed by atoms with E-state index in [-0.39, 0.29) is 0 Å². The molecule has 0 radical (unpaired) electrons. The Morgan fingerprint density at radius 3 is 2.74 bits per heavy atom. The van der Waals surface area contributed by atoms with Crippen LogP contribution in [0.5, 0.6) is 0 Å². The number of nitrogens with zero attached hydrogens (tertiary/aromatic N) is 2. The van der Waals surface area contributed by atoms with Crippen molar-refractivity contribution in [2.75, 3.05) is 13.2 Å². The summed E-state index contributed by atoms with van der Waals surface area (Å²) in [5.41, 5.74) is 4.42. The Morgan fingerprint density at radius 1 is 1.22 bits per heavy atom. The molecule has 2 heterocycles. The van der Waals surface area contributed by atoms with E-state index >= 15 is 0 Å². The van der Waals surface area contributed by atoms with Crippen LogP contribution in [0.15, 0.2) is 42.7 Å². The van der Waals surface area contributed by atoms with Gasteiger partial charge in [-0.3, -0.25) is 0 Å². The van der Waals surface area contributed by atoms with Crippen LogP contribution in [-0.2, 0) is 11.3 Å². The van der Waals surface area contributed by atoms with Crippen molar-refractivity contribution in [1.29, 1.82) is 0 Å². The van der Waals surface area contributed by atoms with Crippen LogP contribution >= 0.6 is 11.6 Å². The zero-order chi connectivity index (χ0) is 16.0. The summed E-state index contributed by atoms with van der Waals surface area (Å²) >= 11 is 6.18. The van der Waals surface area contributed by atoms with Crippen molar-refractivity contribution >= 4 is 22.6 Å². The number of aliphatic hydroxyl groups is 1. The third-order valence-electron chi connectivity index (χ3n) is 4.20. The number of imidazole rings is 1.